The van der Waals surface area contributed by atoms with Gasteiger partial charge in [-0.25, -0.2) is 0 Å². The predicted molar refractivity (Wildman–Crippen MR) is 55.7 cm³/mol. The second-order valence-electron chi connectivity index (χ2n) is 3.55. The Morgan fingerprint density at radius 1 is 1.62 bits per heavy atom. The lowest BCUT2D eigenvalue weighted by Crippen LogP contribution is -2.45. The molecule has 0 saturated carbocycles. The van der Waals surface area contributed by atoms with Crippen LogP contribution in [0.3, 0.4) is 0 Å². The first-order valence-electron chi connectivity index (χ1n) is 4.48. The third-order valence-corrected chi connectivity index (χ3v) is 2.69. The second kappa shape index (κ2) is 5.10. The van der Waals surface area contributed by atoms with Crippen LogP contribution in [0.15, 0.2) is 11.1 Å². The van der Waals surface area contributed by atoms with E-state index in [0.717, 1.165) is 24.0 Å². The summed E-state index contributed by atoms with van der Waals surface area (Å²) in [6.45, 7) is 6.18. The first kappa shape index (κ1) is 11.2. The molecule has 76 valence electrons. The molecule has 0 spiro atoms. The van der Waals surface area contributed by atoms with E-state index in [9.17, 15) is 5.11 Å². The van der Waals surface area contributed by atoms with E-state index in [1.54, 1.807) is 0 Å². The minimum atomic E-state index is -0.398. The van der Waals surface area contributed by atoms with Gasteiger partial charge in [0, 0.05) is 30.1 Å². The zero-order valence-corrected chi connectivity index (χ0v) is 9.20. The summed E-state index contributed by atoms with van der Waals surface area (Å²) in [5.41, 5.74) is 0. The first-order valence-corrected chi connectivity index (χ1v) is 5.27. The third-order valence-electron chi connectivity index (χ3n) is 2.44. The molecule has 1 aliphatic heterocycles. The van der Waals surface area contributed by atoms with Gasteiger partial charge < -0.3 is 10.2 Å². The molecule has 0 aromatic heterocycles. The van der Waals surface area contributed by atoms with Crippen LogP contribution in [0.4, 0.5) is 0 Å². The number of nitrogens with zero attached hydrogens (tertiary/aromatic N) is 1. The molecular formula is C9H16BrNO2. The standard InChI is InChI=1S/C9H16BrNO2/c1-7(10)4-11-3-2-8(6-12)9(13)5-11/h8-9,12-13H,1-6H2. The van der Waals surface area contributed by atoms with Gasteiger partial charge in [-0.3, -0.25) is 4.90 Å². The average molecular weight is 250 g/mol. The molecule has 0 radical (unpaired) electrons. The van der Waals surface area contributed by atoms with E-state index in [2.05, 4.69) is 27.4 Å². The second-order valence-corrected chi connectivity index (χ2v) is 4.67. The van der Waals surface area contributed by atoms with Crippen molar-refractivity contribution >= 4 is 15.9 Å². The molecule has 4 heteroatoms. The molecule has 1 fully saturated rings. The quantitative estimate of drug-likeness (QED) is 0.769. The molecule has 0 amide bonds. The lowest BCUT2D eigenvalue weighted by atomic mass is 9.95. The lowest BCUT2D eigenvalue weighted by molar-refractivity contribution is 0.00178. The molecule has 0 aromatic rings. The van der Waals surface area contributed by atoms with Crippen LogP contribution in [-0.2, 0) is 0 Å². The highest BCUT2D eigenvalue weighted by Crippen LogP contribution is 2.18. The minimum Gasteiger partial charge on any atom is -0.396 e. The SMILES string of the molecule is C=C(Br)CN1CCC(CO)C(O)C1. The van der Waals surface area contributed by atoms with Crippen LogP contribution in [0.5, 0.6) is 0 Å². The van der Waals surface area contributed by atoms with Gasteiger partial charge in [-0.05, 0) is 13.0 Å². The number of halogens is 1. The molecule has 2 unspecified atom stereocenters. The maximum atomic E-state index is 9.61. The van der Waals surface area contributed by atoms with E-state index >= 15 is 0 Å². The molecule has 0 bridgehead atoms. The van der Waals surface area contributed by atoms with Crippen LogP contribution >= 0.6 is 15.9 Å². The van der Waals surface area contributed by atoms with Crippen molar-refractivity contribution in [1.29, 1.82) is 0 Å². The highest BCUT2D eigenvalue weighted by Gasteiger charge is 2.26. The average Bonchev–Trinajstić information content (AvgIpc) is 2.03. The molecular weight excluding hydrogens is 234 g/mol. The number of aliphatic hydroxyl groups excluding tert-OH is 2. The molecule has 2 atom stereocenters. The number of hydrogen-bond donors (Lipinski definition) is 2. The summed E-state index contributed by atoms with van der Waals surface area (Å²) < 4.78 is 0.933. The van der Waals surface area contributed by atoms with Crippen LogP contribution in [0.1, 0.15) is 6.42 Å². The highest BCUT2D eigenvalue weighted by atomic mass is 79.9. The Balaban J connectivity index is 2.36. The van der Waals surface area contributed by atoms with Gasteiger partial charge >= 0.3 is 0 Å². The van der Waals surface area contributed by atoms with Crippen molar-refractivity contribution in [2.24, 2.45) is 5.92 Å². The van der Waals surface area contributed by atoms with Gasteiger partial charge in [-0.15, -0.1) is 0 Å². The fourth-order valence-corrected chi connectivity index (χ4v) is 2.00. The topological polar surface area (TPSA) is 43.7 Å². The number of likely N-dealkylation sites (tertiary alicyclic amines) is 1. The van der Waals surface area contributed by atoms with E-state index in [1.807, 2.05) is 0 Å². The third kappa shape index (κ3) is 3.38. The summed E-state index contributed by atoms with van der Waals surface area (Å²) in [6, 6.07) is 0. The van der Waals surface area contributed by atoms with E-state index in [1.165, 1.54) is 0 Å². The van der Waals surface area contributed by atoms with Gasteiger partial charge in [-0.1, -0.05) is 22.5 Å². The number of rotatable bonds is 3. The van der Waals surface area contributed by atoms with Gasteiger partial charge in [0.15, 0.2) is 0 Å². The van der Waals surface area contributed by atoms with Gasteiger partial charge in [0.25, 0.3) is 0 Å². The van der Waals surface area contributed by atoms with Crippen LogP contribution in [-0.4, -0.2) is 47.5 Å². The van der Waals surface area contributed by atoms with Crippen molar-refractivity contribution in [2.45, 2.75) is 12.5 Å². The van der Waals surface area contributed by atoms with E-state index in [0.29, 0.717) is 6.54 Å². The van der Waals surface area contributed by atoms with Crippen molar-refractivity contribution in [2.75, 3.05) is 26.2 Å². The normalized spacial score (nSPS) is 30.4. The number of β-amino-alcohol motifs (C(OH)–C–C–N with tert-alkyl or cyclic N) is 1. The summed E-state index contributed by atoms with van der Waals surface area (Å²) in [4.78, 5) is 2.13. The van der Waals surface area contributed by atoms with Crippen molar-refractivity contribution in [3.63, 3.8) is 0 Å². The van der Waals surface area contributed by atoms with E-state index < -0.39 is 6.10 Å². The Morgan fingerprint density at radius 2 is 2.31 bits per heavy atom. The number of hydrogen-bond acceptors (Lipinski definition) is 3. The van der Waals surface area contributed by atoms with Gasteiger partial charge in [0.2, 0.25) is 0 Å². The van der Waals surface area contributed by atoms with Gasteiger partial charge in [0.05, 0.1) is 6.10 Å². The molecule has 2 N–H and O–H groups in total. The highest BCUT2D eigenvalue weighted by molar-refractivity contribution is 9.11. The molecule has 1 heterocycles. The molecule has 3 nitrogen and oxygen atoms in total. The fraction of sp³-hybridized carbons (Fsp3) is 0.778. The Morgan fingerprint density at radius 3 is 2.77 bits per heavy atom. The molecule has 0 aromatic carbocycles. The Hall–Kier alpha value is 0.1000. The van der Waals surface area contributed by atoms with Crippen LogP contribution in [0, 0.1) is 5.92 Å². The van der Waals surface area contributed by atoms with Crippen LogP contribution < -0.4 is 0 Å². The molecule has 0 aliphatic carbocycles. The largest absolute Gasteiger partial charge is 0.396 e. The molecule has 13 heavy (non-hydrogen) atoms. The maximum Gasteiger partial charge on any atom is 0.0717 e. The van der Waals surface area contributed by atoms with E-state index in [4.69, 9.17) is 5.11 Å². The number of aliphatic hydroxyl groups is 2. The van der Waals surface area contributed by atoms with Crippen molar-refractivity contribution in [1.82, 2.24) is 4.90 Å². The summed E-state index contributed by atoms with van der Waals surface area (Å²) in [6.07, 6.45) is 0.461. The zero-order valence-electron chi connectivity index (χ0n) is 7.62. The summed E-state index contributed by atoms with van der Waals surface area (Å²) in [7, 11) is 0. The Kier molecular flexibility index (Phi) is 4.38. The van der Waals surface area contributed by atoms with Gasteiger partial charge in [0.1, 0.15) is 0 Å². The molecule has 1 saturated heterocycles. The summed E-state index contributed by atoms with van der Waals surface area (Å²) >= 11 is 3.29. The van der Waals surface area contributed by atoms with Gasteiger partial charge in [-0.2, -0.15) is 0 Å². The summed E-state index contributed by atoms with van der Waals surface area (Å²) in [5, 5.41) is 18.5. The fourth-order valence-electron chi connectivity index (χ4n) is 1.64. The zero-order chi connectivity index (χ0) is 9.84. The summed E-state index contributed by atoms with van der Waals surface area (Å²) in [5.74, 6) is 0.0554. The Bertz CT molecular complexity index is 186. The van der Waals surface area contributed by atoms with Crippen molar-refractivity contribution in [3.8, 4) is 0 Å². The smallest absolute Gasteiger partial charge is 0.0717 e. The van der Waals surface area contributed by atoms with Crippen molar-refractivity contribution < 1.29 is 10.2 Å². The lowest BCUT2D eigenvalue weighted by Gasteiger charge is -2.34. The monoisotopic (exact) mass is 249 g/mol. The predicted octanol–water partition coefficient (Wildman–Crippen LogP) is 0.570. The minimum absolute atomic E-state index is 0.0554. The van der Waals surface area contributed by atoms with E-state index in [-0.39, 0.29) is 12.5 Å². The Labute approximate surface area is 87.2 Å². The number of piperidine rings is 1. The van der Waals surface area contributed by atoms with Crippen LogP contribution in [0.2, 0.25) is 0 Å². The van der Waals surface area contributed by atoms with Crippen LogP contribution in [0.25, 0.3) is 0 Å². The first-order chi connectivity index (χ1) is 6.13. The van der Waals surface area contributed by atoms with Crippen molar-refractivity contribution in [3.05, 3.63) is 11.1 Å². The maximum absolute atomic E-state index is 9.61. The molecule has 1 rings (SSSR count). The molecule has 1 aliphatic rings.